The highest BCUT2D eigenvalue weighted by molar-refractivity contribution is 9.10. The van der Waals surface area contributed by atoms with Crippen LogP contribution in [-0.4, -0.2) is 43.7 Å². The number of carbonyl (C=O) groups is 2. The standard InChI is InChI=1S/C11H14BrN3O3/c1-7(11(17)18)15(9-2-3-9)10(16)6-14-5-8(12)4-13-14/h4-5,7,9H,2-3,6H2,1H3,(H,17,18). The minimum absolute atomic E-state index is 0.0692. The minimum Gasteiger partial charge on any atom is -0.480 e. The number of carboxylic acids is 1. The van der Waals surface area contributed by atoms with Crippen molar-refractivity contribution < 1.29 is 14.7 Å². The Kier molecular flexibility index (Phi) is 3.70. The second kappa shape index (κ2) is 5.09. The van der Waals surface area contributed by atoms with Gasteiger partial charge in [-0.1, -0.05) is 0 Å². The summed E-state index contributed by atoms with van der Waals surface area (Å²) in [5.74, 6) is -1.18. The summed E-state index contributed by atoms with van der Waals surface area (Å²) in [6, 6.07) is -0.716. The van der Waals surface area contributed by atoms with Crippen LogP contribution in [0.25, 0.3) is 0 Å². The van der Waals surface area contributed by atoms with Gasteiger partial charge in [0.05, 0.1) is 10.7 Å². The predicted octanol–water partition coefficient (Wildman–Crippen LogP) is 1.11. The van der Waals surface area contributed by atoms with Crippen LogP contribution < -0.4 is 0 Å². The third kappa shape index (κ3) is 2.90. The van der Waals surface area contributed by atoms with Crippen LogP contribution in [0.15, 0.2) is 16.9 Å². The highest BCUT2D eigenvalue weighted by atomic mass is 79.9. The first kappa shape index (κ1) is 13.1. The molecular weight excluding hydrogens is 302 g/mol. The smallest absolute Gasteiger partial charge is 0.326 e. The molecule has 0 aromatic carbocycles. The van der Waals surface area contributed by atoms with Crippen molar-refractivity contribution in [2.24, 2.45) is 0 Å². The molecule has 1 aromatic rings. The average molecular weight is 316 g/mol. The third-order valence-corrected chi connectivity index (χ3v) is 3.31. The van der Waals surface area contributed by atoms with Crippen LogP contribution >= 0.6 is 15.9 Å². The van der Waals surface area contributed by atoms with Crippen LogP contribution in [0.2, 0.25) is 0 Å². The Morgan fingerprint density at radius 3 is 2.78 bits per heavy atom. The van der Waals surface area contributed by atoms with Crippen LogP contribution in [0.3, 0.4) is 0 Å². The molecule has 1 atom stereocenters. The van der Waals surface area contributed by atoms with E-state index in [1.807, 2.05) is 0 Å². The lowest BCUT2D eigenvalue weighted by Gasteiger charge is -2.26. The highest BCUT2D eigenvalue weighted by Crippen LogP contribution is 2.29. The molecule has 18 heavy (non-hydrogen) atoms. The van der Waals surface area contributed by atoms with Crippen molar-refractivity contribution in [1.82, 2.24) is 14.7 Å². The summed E-state index contributed by atoms with van der Waals surface area (Å²) in [7, 11) is 0. The molecule has 1 aliphatic carbocycles. The summed E-state index contributed by atoms with van der Waals surface area (Å²) < 4.78 is 2.29. The van der Waals surface area contributed by atoms with E-state index in [4.69, 9.17) is 5.11 Å². The second-order valence-electron chi connectivity index (χ2n) is 4.40. The number of aliphatic carboxylic acids is 1. The van der Waals surface area contributed by atoms with Gasteiger partial charge in [-0.3, -0.25) is 9.48 Å². The van der Waals surface area contributed by atoms with Gasteiger partial charge in [0.25, 0.3) is 0 Å². The number of rotatable bonds is 5. The Morgan fingerprint density at radius 1 is 1.67 bits per heavy atom. The summed E-state index contributed by atoms with van der Waals surface area (Å²) in [4.78, 5) is 24.6. The van der Waals surface area contributed by atoms with Crippen molar-refractivity contribution >= 4 is 27.8 Å². The minimum atomic E-state index is -0.975. The molecule has 1 N–H and O–H groups in total. The maximum atomic E-state index is 12.1. The lowest BCUT2D eigenvalue weighted by molar-refractivity contribution is -0.150. The maximum absolute atomic E-state index is 12.1. The van der Waals surface area contributed by atoms with Gasteiger partial charge in [0.2, 0.25) is 5.91 Å². The van der Waals surface area contributed by atoms with E-state index in [-0.39, 0.29) is 18.5 Å². The zero-order valence-corrected chi connectivity index (χ0v) is 11.5. The zero-order valence-electron chi connectivity index (χ0n) is 9.91. The van der Waals surface area contributed by atoms with E-state index in [1.54, 1.807) is 12.4 Å². The molecule has 1 fully saturated rings. The van der Waals surface area contributed by atoms with Crippen LogP contribution in [0.1, 0.15) is 19.8 Å². The number of hydrogen-bond acceptors (Lipinski definition) is 3. The van der Waals surface area contributed by atoms with Crippen molar-refractivity contribution in [3.8, 4) is 0 Å². The van der Waals surface area contributed by atoms with Gasteiger partial charge in [0.1, 0.15) is 12.6 Å². The first-order valence-corrected chi connectivity index (χ1v) is 6.50. The van der Waals surface area contributed by atoms with Crippen LogP contribution in [0.5, 0.6) is 0 Å². The maximum Gasteiger partial charge on any atom is 0.326 e. The Morgan fingerprint density at radius 2 is 2.33 bits per heavy atom. The van der Waals surface area contributed by atoms with E-state index in [0.717, 1.165) is 17.3 Å². The summed E-state index contributed by atoms with van der Waals surface area (Å²) in [6.07, 6.45) is 5.04. The molecule has 0 aliphatic heterocycles. The average Bonchev–Trinajstić information content (AvgIpc) is 3.03. The summed E-state index contributed by atoms with van der Waals surface area (Å²) in [5.41, 5.74) is 0. The topological polar surface area (TPSA) is 75.4 Å². The van der Waals surface area contributed by atoms with Gasteiger partial charge in [-0.15, -0.1) is 0 Å². The second-order valence-corrected chi connectivity index (χ2v) is 5.32. The third-order valence-electron chi connectivity index (χ3n) is 2.90. The van der Waals surface area contributed by atoms with E-state index in [9.17, 15) is 9.59 Å². The number of nitrogens with zero attached hydrogens (tertiary/aromatic N) is 3. The van der Waals surface area contributed by atoms with Crippen molar-refractivity contribution in [3.63, 3.8) is 0 Å². The fourth-order valence-corrected chi connectivity index (χ4v) is 2.18. The van der Waals surface area contributed by atoms with Crippen molar-refractivity contribution in [2.75, 3.05) is 0 Å². The molecule has 0 radical (unpaired) electrons. The van der Waals surface area contributed by atoms with E-state index in [1.165, 1.54) is 16.5 Å². The molecule has 1 heterocycles. The van der Waals surface area contributed by atoms with E-state index >= 15 is 0 Å². The summed E-state index contributed by atoms with van der Waals surface area (Å²) in [6.45, 7) is 1.61. The number of carbonyl (C=O) groups excluding carboxylic acids is 1. The molecule has 1 aromatic heterocycles. The normalized spacial score (nSPS) is 16.3. The van der Waals surface area contributed by atoms with E-state index in [2.05, 4.69) is 21.0 Å². The Balaban J connectivity index is 2.06. The number of aromatic nitrogens is 2. The fraction of sp³-hybridized carbons (Fsp3) is 0.545. The van der Waals surface area contributed by atoms with Crippen molar-refractivity contribution in [2.45, 2.75) is 38.4 Å². The number of amides is 1. The predicted molar refractivity (Wildman–Crippen MR) is 66.9 cm³/mol. The van der Waals surface area contributed by atoms with Gasteiger partial charge in [-0.05, 0) is 35.7 Å². The van der Waals surface area contributed by atoms with E-state index < -0.39 is 12.0 Å². The molecule has 6 nitrogen and oxygen atoms in total. The van der Waals surface area contributed by atoms with Gasteiger partial charge in [-0.2, -0.15) is 5.10 Å². The number of hydrogen-bond donors (Lipinski definition) is 1. The largest absolute Gasteiger partial charge is 0.480 e. The quantitative estimate of drug-likeness (QED) is 0.883. The van der Waals surface area contributed by atoms with Gasteiger partial charge >= 0.3 is 5.97 Å². The summed E-state index contributed by atoms with van der Waals surface area (Å²) in [5, 5.41) is 13.0. The van der Waals surface area contributed by atoms with Gasteiger partial charge in [0.15, 0.2) is 0 Å². The molecule has 98 valence electrons. The molecule has 1 saturated carbocycles. The molecule has 1 unspecified atom stereocenters. The summed E-state index contributed by atoms with van der Waals surface area (Å²) >= 11 is 3.25. The molecule has 1 aliphatic rings. The molecule has 2 rings (SSSR count). The molecular formula is C11H14BrN3O3. The van der Waals surface area contributed by atoms with Gasteiger partial charge < -0.3 is 10.0 Å². The Bertz CT molecular complexity index is 470. The molecule has 7 heteroatoms. The number of halogens is 1. The molecule has 0 spiro atoms. The van der Waals surface area contributed by atoms with Gasteiger partial charge in [0, 0.05) is 12.2 Å². The lowest BCUT2D eigenvalue weighted by atomic mass is 10.2. The first-order chi connectivity index (χ1) is 8.49. The van der Waals surface area contributed by atoms with Gasteiger partial charge in [-0.25, -0.2) is 4.79 Å². The molecule has 0 bridgehead atoms. The van der Waals surface area contributed by atoms with Crippen LogP contribution in [0.4, 0.5) is 0 Å². The number of carboxylic acid groups (broad SMARTS) is 1. The molecule has 1 amide bonds. The van der Waals surface area contributed by atoms with Crippen LogP contribution in [0, 0.1) is 0 Å². The Hall–Kier alpha value is -1.37. The Labute approximate surface area is 113 Å². The first-order valence-electron chi connectivity index (χ1n) is 5.71. The highest BCUT2D eigenvalue weighted by Gasteiger charge is 2.38. The van der Waals surface area contributed by atoms with E-state index in [0.29, 0.717) is 0 Å². The lowest BCUT2D eigenvalue weighted by Crippen LogP contribution is -2.46. The van der Waals surface area contributed by atoms with Crippen molar-refractivity contribution in [3.05, 3.63) is 16.9 Å². The van der Waals surface area contributed by atoms with Crippen molar-refractivity contribution in [1.29, 1.82) is 0 Å². The zero-order chi connectivity index (χ0) is 13.3. The monoisotopic (exact) mass is 315 g/mol. The van der Waals surface area contributed by atoms with Crippen LogP contribution in [-0.2, 0) is 16.1 Å². The molecule has 0 saturated heterocycles. The fourth-order valence-electron chi connectivity index (χ4n) is 1.85. The SMILES string of the molecule is CC(C(=O)O)N(C(=O)Cn1cc(Br)cn1)C1CC1.